The van der Waals surface area contributed by atoms with E-state index in [1.165, 1.54) is 18.4 Å². The lowest BCUT2D eigenvalue weighted by Gasteiger charge is -2.70. The van der Waals surface area contributed by atoms with Gasteiger partial charge in [0.1, 0.15) is 18.1 Å². The van der Waals surface area contributed by atoms with E-state index in [9.17, 15) is 4.79 Å². The molecule has 0 amide bonds. The average Bonchev–Trinajstić information content (AvgIpc) is 2.99. The van der Waals surface area contributed by atoms with Crippen LogP contribution in [0.15, 0.2) is 48.3 Å². The molecule has 0 N–H and O–H groups in total. The Morgan fingerprint density at radius 3 is 2.45 bits per heavy atom. The van der Waals surface area contributed by atoms with E-state index in [0.29, 0.717) is 35.4 Å². The average molecular weight is 615 g/mol. The molecule has 1 aromatic carbocycles. The summed E-state index contributed by atoms with van der Waals surface area (Å²) in [6.07, 6.45) is 12.7. The molecular formula is C39H51ClN2O2. The van der Waals surface area contributed by atoms with E-state index in [1.807, 2.05) is 18.2 Å². The number of rotatable bonds is 3. The van der Waals surface area contributed by atoms with Gasteiger partial charge in [-0.05, 0) is 103 Å². The number of benzene rings is 1. The summed E-state index contributed by atoms with van der Waals surface area (Å²) < 4.78 is 6.22. The quantitative estimate of drug-likeness (QED) is 0.196. The molecule has 0 spiro atoms. The van der Waals surface area contributed by atoms with Gasteiger partial charge in [0.2, 0.25) is 0 Å². The van der Waals surface area contributed by atoms with E-state index in [4.69, 9.17) is 21.3 Å². The number of halogens is 1. The number of nitrogens with zero attached hydrogens (tertiary/aromatic N) is 2. The monoisotopic (exact) mass is 614 g/mol. The summed E-state index contributed by atoms with van der Waals surface area (Å²) in [5, 5.41) is 0.634. The van der Waals surface area contributed by atoms with Crippen LogP contribution in [0.3, 0.4) is 0 Å². The first kappa shape index (κ1) is 30.5. The van der Waals surface area contributed by atoms with Crippen LogP contribution in [-0.2, 0) is 28.0 Å². The highest BCUT2D eigenvalue weighted by Crippen LogP contribution is 2.75. The van der Waals surface area contributed by atoms with Gasteiger partial charge in [-0.3, -0.25) is 4.79 Å². The molecule has 236 valence electrons. The molecule has 5 heteroatoms. The van der Waals surface area contributed by atoms with Gasteiger partial charge in [0.15, 0.2) is 0 Å². The highest BCUT2D eigenvalue weighted by molar-refractivity contribution is 6.30. The molecule has 0 saturated heterocycles. The van der Waals surface area contributed by atoms with Crippen LogP contribution < -0.4 is 0 Å². The lowest BCUT2D eigenvalue weighted by molar-refractivity contribution is -0.184. The molecule has 3 saturated carbocycles. The van der Waals surface area contributed by atoms with Crippen LogP contribution in [0, 0.1) is 51.2 Å². The maximum Gasteiger partial charge on any atom is 0.313 e. The zero-order chi connectivity index (χ0) is 31.3. The second-order valence-electron chi connectivity index (χ2n) is 16.8. The Balaban J connectivity index is 1.28. The largest absolute Gasteiger partial charge is 0.460 e. The molecule has 2 aromatic rings. The number of hydrogen-bond acceptors (Lipinski definition) is 4. The molecule has 5 aliphatic rings. The first-order chi connectivity index (χ1) is 20.8. The number of allylic oxidation sites excluding steroid dienone is 2. The van der Waals surface area contributed by atoms with Crippen LogP contribution in [0.4, 0.5) is 0 Å². The minimum atomic E-state index is -0.424. The minimum absolute atomic E-state index is 0.0382. The number of fused-ring (bicyclic) bond motifs is 8. The summed E-state index contributed by atoms with van der Waals surface area (Å²) in [4.78, 5) is 23.6. The maximum absolute atomic E-state index is 14.3. The number of hydrogen-bond donors (Lipinski definition) is 0. The van der Waals surface area contributed by atoms with Crippen molar-refractivity contribution < 1.29 is 9.53 Å². The second-order valence-corrected chi connectivity index (χ2v) is 17.1. The summed E-state index contributed by atoms with van der Waals surface area (Å²) >= 11 is 6.82. The van der Waals surface area contributed by atoms with E-state index < -0.39 is 5.41 Å². The van der Waals surface area contributed by atoms with Crippen LogP contribution in [0.5, 0.6) is 0 Å². The van der Waals surface area contributed by atoms with Crippen molar-refractivity contribution in [3.05, 3.63) is 70.3 Å². The Hall–Kier alpha value is -2.20. The van der Waals surface area contributed by atoms with Crippen LogP contribution in [0.2, 0.25) is 5.15 Å². The van der Waals surface area contributed by atoms with Crippen molar-refractivity contribution in [2.24, 2.45) is 51.2 Å². The van der Waals surface area contributed by atoms with Crippen molar-refractivity contribution in [2.75, 3.05) is 0 Å². The number of carbonyl (C=O) groups is 1. The fourth-order valence-electron chi connectivity index (χ4n) is 12.2. The van der Waals surface area contributed by atoms with Gasteiger partial charge in [-0.2, -0.15) is 0 Å². The van der Waals surface area contributed by atoms with E-state index >= 15 is 0 Å². The predicted molar refractivity (Wildman–Crippen MR) is 176 cm³/mol. The Bertz CT molecular complexity index is 1500. The number of esters is 1. The van der Waals surface area contributed by atoms with Crippen molar-refractivity contribution >= 4 is 17.6 Å². The number of ether oxygens (including phenoxy) is 1. The van der Waals surface area contributed by atoms with Crippen LogP contribution >= 0.6 is 11.6 Å². The molecule has 3 fully saturated rings. The van der Waals surface area contributed by atoms with Crippen LogP contribution in [0.25, 0.3) is 0 Å². The van der Waals surface area contributed by atoms with Gasteiger partial charge < -0.3 is 4.74 Å². The standard InChI is InChI=1S/C39H51ClN2O2/c1-24-15-18-39(34(43)44-22-26-11-9-8-10-12-26)20-19-37(6)28(31(39)25(24)2)13-14-30-36(5)21-27-32(41-23-42-33(27)40)35(3,4)29(36)16-17-38(30,37)7/h8-13,23-25,29-31H,14-22H2,1-7H3/t24-,25+,29+,30-,31+,36+,37-,38-,39+/m1/s1. The Labute approximate surface area is 269 Å². The lowest BCUT2D eigenvalue weighted by Crippen LogP contribution is -2.65. The van der Waals surface area contributed by atoms with Gasteiger partial charge in [0.25, 0.3) is 0 Å². The van der Waals surface area contributed by atoms with Crippen molar-refractivity contribution in [1.29, 1.82) is 0 Å². The third kappa shape index (κ3) is 3.97. The Morgan fingerprint density at radius 1 is 0.955 bits per heavy atom. The molecule has 1 aromatic heterocycles. The van der Waals surface area contributed by atoms with Gasteiger partial charge in [-0.25, -0.2) is 9.97 Å². The lowest BCUT2D eigenvalue weighted by atomic mass is 9.33. The van der Waals surface area contributed by atoms with E-state index in [1.54, 1.807) is 11.9 Å². The van der Waals surface area contributed by atoms with Crippen molar-refractivity contribution in [3.8, 4) is 0 Å². The summed E-state index contributed by atoms with van der Waals surface area (Å²) in [6, 6.07) is 10.2. The van der Waals surface area contributed by atoms with Crippen molar-refractivity contribution in [3.63, 3.8) is 0 Å². The van der Waals surface area contributed by atoms with E-state index in [2.05, 4.69) is 71.7 Å². The minimum Gasteiger partial charge on any atom is -0.460 e. The zero-order valence-corrected chi connectivity index (χ0v) is 28.6. The van der Waals surface area contributed by atoms with Crippen molar-refractivity contribution in [2.45, 2.75) is 112 Å². The highest BCUT2D eigenvalue weighted by atomic mass is 35.5. The Kier molecular flexibility index (Phi) is 7.02. The van der Waals surface area contributed by atoms with Gasteiger partial charge in [-0.1, -0.05) is 102 Å². The van der Waals surface area contributed by atoms with Gasteiger partial charge in [0, 0.05) is 11.0 Å². The number of carbonyl (C=O) groups excluding carboxylic acids is 1. The molecule has 44 heavy (non-hydrogen) atoms. The van der Waals surface area contributed by atoms with Gasteiger partial charge >= 0.3 is 5.97 Å². The van der Waals surface area contributed by atoms with Crippen molar-refractivity contribution in [1.82, 2.24) is 9.97 Å². The maximum atomic E-state index is 14.3. The predicted octanol–water partition coefficient (Wildman–Crippen LogP) is 9.54. The third-order valence-corrected chi connectivity index (χ3v) is 15.1. The molecule has 5 aliphatic carbocycles. The molecule has 0 radical (unpaired) electrons. The molecular weight excluding hydrogens is 564 g/mol. The third-order valence-electron chi connectivity index (χ3n) is 14.8. The van der Waals surface area contributed by atoms with Gasteiger partial charge in [0.05, 0.1) is 11.1 Å². The first-order valence-electron chi connectivity index (χ1n) is 17.2. The summed E-state index contributed by atoms with van der Waals surface area (Å²) in [5.74, 6) is 2.38. The summed E-state index contributed by atoms with van der Waals surface area (Å²) in [7, 11) is 0. The molecule has 4 nitrogen and oxygen atoms in total. The Morgan fingerprint density at radius 2 is 1.70 bits per heavy atom. The highest BCUT2D eigenvalue weighted by Gasteiger charge is 2.69. The fourth-order valence-corrected chi connectivity index (χ4v) is 12.4. The van der Waals surface area contributed by atoms with Crippen LogP contribution in [0.1, 0.15) is 110 Å². The topological polar surface area (TPSA) is 52.1 Å². The van der Waals surface area contributed by atoms with E-state index in [-0.39, 0.29) is 33.5 Å². The SMILES string of the molecule is C[C@H]1[C@H](C)CC[C@]2(C(=O)OCc3ccccc3)CC[C@]3(C)C(=CC[C@@H]4[C@@]5(C)Cc6c(Cl)ncnc6C(C)(C)[C@@H]5CC[C@]43C)[C@H]12. The molecule has 0 unspecified atom stereocenters. The first-order valence-corrected chi connectivity index (χ1v) is 17.6. The molecule has 1 heterocycles. The molecule has 0 bridgehead atoms. The van der Waals surface area contributed by atoms with Crippen LogP contribution in [-0.4, -0.2) is 15.9 Å². The zero-order valence-electron chi connectivity index (χ0n) is 27.9. The van der Waals surface area contributed by atoms with Gasteiger partial charge in [-0.15, -0.1) is 0 Å². The second kappa shape index (κ2) is 10.1. The smallest absolute Gasteiger partial charge is 0.313 e. The molecule has 7 rings (SSSR count). The van der Waals surface area contributed by atoms with E-state index in [0.717, 1.165) is 49.8 Å². The molecule has 9 atom stereocenters. The fraction of sp³-hybridized carbons (Fsp3) is 0.667. The summed E-state index contributed by atoms with van der Waals surface area (Å²) in [5.41, 5.74) is 4.76. The normalized spacial score (nSPS) is 42.0. The molecule has 0 aliphatic heterocycles. The number of aromatic nitrogens is 2. The summed E-state index contributed by atoms with van der Waals surface area (Å²) in [6.45, 7) is 17.7.